The van der Waals surface area contributed by atoms with E-state index in [1.54, 1.807) is 16.9 Å². The van der Waals surface area contributed by atoms with Crippen molar-refractivity contribution in [2.24, 2.45) is 5.73 Å². The largest absolute Gasteiger partial charge is 0.497 e. The number of nitrogens with one attached hydrogen (secondary N) is 1. The number of hydrogen-bond acceptors (Lipinski definition) is 6. The Morgan fingerprint density at radius 3 is 2.53 bits per heavy atom. The van der Waals surface area contributed by atoms with Gasteiger partial charge in [0, 0.05) is 42.8 Å². The van der Waals surface area contributed by atoms with Crippen LogP contribution in [0.2, 0.25) is 0 Å². The summed E-state index contributed by atoms with van der Waals surface area (Å²) in [7, 11) is 1.48. The molecule has 0 atom stereocenters. The number of hydrogen-bond donors (Lipinski definition) is 2. The quantitative estimate of drug-likeness (QED) is 0.546. The first kappa shape index (κ1) is 23.0. The lowest BCUT2D eigenvalue weighted by Crippen LogP contribution is -2.46. The Balaban J connectivity index is 1.61. The number of nitrogens with zero attached hydrogens (tertiary/aromatic N) is 4. The second-order valence-electron chi connectivity index (χ2n) is 8.23. The highest BCUT2D eigenvalue weighted by Crippen LogP contribution is 2.37. The van der Waals surface area contributed by atoms with Gasteiger partial charge in [-0.1, -0.05) is 0 Å². The van der Waals surface area contributed by atoms with Crippen molar-refractivity contribution >= 4 is 23.1 Å². The number of carbonyl (C=O) groups excluding carboxylic acids is 1. The highest BCUT2D eigenvalue weighted by atomic mass is 19.1. The number of carbonyl (C=O) groups is 1. The number of piperidine rings is 1. The first-order valence-electron chi connectivity index (χ1n) is 10.7. The fraction of sp³-hybridized carbons (Fsp3) is 0.292. The second kappa shape index (κ2) is 9.39. The molecule has 2 aromatic carbocycles. The van der Waals surface area contributed by atoms with Crippen LogP contribution in [0.3, 0.4) is 0 Å². The van der Waals surface area contributed by atoms with Gasteiger partial charge >= 0.3 is 0 Å². The number of nitriles is 1. The van der Waals surface area contributed by atoms with Crippen LogP contribution in [0.4, 0.5) is 26.0 Å². The fourth-order valence-electron chi connectivity index (χ4n) is 4.22. The topological polar surface area (TPSA) is 109 Å². The molecule has 3 N–H and O–H groups in total. The third-order valence-electron chi connectivity index (χ3n) is 6.13. The molecule has 1 aliphatic rings. The van der Waals surface area contributed by atoms with Gasteiger partial charge in [0.15, 0.2) is 5.82 Å². The van der Waals surface area contributed by atoms with Gasteiger partial charge in [0.05, 0.1) is 25.1 Å². The maximum Gasteiger partial charge on any atom is 0.254 e. The Hall–Kier alpha value is -4.13. The lowest BCUT2D eigenvalue weighted by atomic mass is 9.84. The van der Waals surface area contributed by atoms with Gasteiger partial charge in [-0.05, 0) is 43.2 Å². The molecule has 8 nitrogen and oxygen atoms in total. The second-order valence-corrected chi connectivity index (χ2v) is 8.23. The summed E-state index contributed by atoms with van der Waals surface area (Å²) in [5.74, 6) is -0.792. The molecule has 0 saturated carbocycles. The van der Waals surface area contributed by atoms with Crippen LogP contribution >= 0.6 is 0 Å². The number of amides is 1. The van der Waals surface area contributed by atoms with Crippen LogP contribution in [0.5, 0.6) is 5.75 Å². The standard InChI is InChI=1S/C24H24F2N6O2/c1-34-20-13-17(26)12-19(14-20)31-10-7-24(6-9-27,8-11-31)32-15-21(22(28)33)23(30-32)29-18-4-2-16(25)3-5-18/h2-5,12-15H,6-8,10-11H2,1H3,(H2,28,33)(H,29,30). The van der Waals surface area contributed by atoms with Gasteiger partial charge < -0.3 is 20.7 Å². The molecule has 0 aliphatic carbocycles. The highest BCUT2D eigenvalue weighted by Gasteiger charge is 2.38. The van der Waals surface area contributed by atoms with Gasteiger partial charge in [-0.15, -0.1) is 0 Å². The lowest BCUT2D eigenvalue weighted by molar-refractivity contribution is 0.100. The molecule has 176 valence electrons. The minimum Gasteiger partial charge on any atom is -0.497 e. The zero-order valence-corrected chi connectivity index (χ0v) is 18.6. The third kappa shape index (κ3) is 4.64. The minimum absolute atomic E-state index is 0.166. The molecule has 0 unspecified atom stereocenters. The van der Waals surface area contributed by atoms with E-state index in [4.69, 9.17) is 10.5 Å². The van der Waals surface area contributed by atoms with Crippen LogP contribution < -0.4 is 20.7 Å². The predicted molar refractivity (Wildman–Crippen MR) is 123 cm³/mol. The number of anilines is 3. The molecule has 4 rings (SSSR count). The summed E-state index contributed by atoms with van der Waals surface area (Å²) in [5.41, 5.74) is 6.31. The van der Waals surface area contributed by atoms with E-state index in [2.05, 4.69) is 16.5 Å². The van der Waals surface area contributed by atoms with E-state index in [0.717, 1.165) is 0 Å². The Bertz CT molecular complexity index is 1230. The van der Waals surface area contributed by atoms with Crippen molar-refractivity contribution in [2.75, 3.05) is 30.4 Å². The zero-order chi connectivity index (χ0) is 24.3. The predicted octanol–water partition coefficient (Wildman–Crippen LogP) is 3.92. The summed E-state index contributed by atoms with van der Waals surface area (Å²) >= 11 is 0. The molecule has 0 spiro atoms. The van der Waals surface area contributed by atoms with Gasteiger partial charge in [-0.25, -0.2) is 8.78 Å². The van der Waals surface area contributed by atoms with E-state index < -0.39 is 17.3 Å². The van der Waals surface area contributed by atoms with E-state index in [9.17, 15) is 18.8 Å². The third-order valence-corrected chi connectivity index (χ3v) is 6.13. The van der Waals surface area contributed by atoms with E-state index >= 15 is 0 Å². The molecule has 2 heterocycles. The van der Waals surface area contributed by atoms with Crippen LogP contribution in [-0.4, -0.2) is 35.9 Å². The van der Waals surface area contributed by atoms with Crippen molar-refractivity contribution in [3.63, 3.8) is 0 Å². The Morgan fingerprint density at radius 1 is 1.21 bits per heavy atom. The molecule has 0 radical (unpaired) electrons. The first-order valence-corrected chi connectivity index (χ1v) is 10.7. The smallest absolute Gasteiger partial charge is 0.254 e. The lowest BCUT2D eigenvalue weighted by Gasteiger charge is -2.41. The Kier molecular flexibility index (Phi) is 6.36. The summed E-state index contributed by atoms with van der Waals surface area (Å²) in [5, 5.41) is 17.1. The van der Waals surface area contributed by atoms with E-state index in [-0.39, 0.29) is 23.6 Å². The summed E-state index contributed by atoms with van der Waals surface area (Å²) in [4.78, 5) is 14.1. The van der Waals surface area contributed by atoms with Gasteiger partial charge in [-0.2, -0.15) is 10.4 Å². The van der Waals surface area contributed by atoms with Crippen molar-refractivity contribution in [2.45, 2.75) is 24.8 Å². The molecule has 1 saturated heterocycles. The molecular formula is C24H24F2N6O2. The SMILES string of the molecule is COc1cc(F)cc(N2CCC(CC#N)(n3cc(C(N)=O)c(Nc4ccc(F)cc4)n3)CC2)c1. The number of halogens is 2. The summed E-state index contributed by atoms with van der Waals surface area (Å²) < 4.78 is 34.1. The molecule has 1 fully saturated rings. The average molecular weight is 466 g/mol. The maximum absolute atomic E-state index is 14.0. The first-order chi connectivity index (χ1) is 16.3. The Morgan fingerprint density at radius 2 is 1.91 bits per heavy atom. The van der Waals surface area contributed by atoms with E-state index in [1.807, 2.05) is 4.90 Å². The van der Waals surface area contributed by atoms with Crippen LogP contribution in [-0.2, 0) is 5.54 Å². The molecule has 1 amide bonds. The zero-order valence-electron chi connectivity index (χ0n) is 18.6. The monoisotopic (exact) mass is 466 g/mol. The molecule has 10 heteroatoms. The number of aromatic nitrogens is 2. The molecular weight excluding hydrogens is 442 g/mol. The van der Waals surface area contributed by atoms with Crippen molar-refractivity contribution in [3.8, 4) is 11.8 Å². The van der Waals surface area contributed by atoms with Gasteiger partial charge in [0.2, 0.25) is 0 Å². The number of primary amides is 1. The molecule has 3 aromatic rings. The summed E-state index contributed by atoms with van der Waals surface area (Å²) in [6.45, 7) is 1.08. The number of rotatable bonds is 7. The number of methoxy groups -OCH3 is 1. The van der Waals surface area contributed by atoms with Crippen molar-refractivity contribution in [3.05, 3.63) is 65.9 Å². The molecule has 1 aromatic heterocycles. The van der Waals surface area contributed by atoms with Crippen molar-refractivity contribution < 1.29 is 18.3 Å². The molecule has 0 bridgehead atoms. The van der Waals surface area contributed by atoms with Crippen LogP contribution in [0.25, 0.3) is 0 Å². The van der Waals surface area contributed by atoms with Gasteiger partial charge in [-0.3, -0.25) is 9.48 Å². The number of benzene rings is 2. The highest BCUT2D eigenvalue weighted by molar-refractivity contribution is 5.98. The van der Waals surface area contributed by atoms with Crippen LogP contribution in [0.1, 0.15) is 29.6 Å². The fourth-order valence-corrected chi connectivity index (χ4v) is 4.22. The maximum atomic E-state index is 14.0. The van der Waals surface area contributed by atoms with E-state index in [1.165, 1.54) is 43.5 Å². The average Bonchev–Trinajstić information content (AvgIpc) is 3.25. The van der Waals surface area contributed by atoms with Crippen LogP contribution in [0.15, 0.2) is 48.7 Å². The van der Waals surface area contributed by atoms with Crippen molar-refractivity contribution in [1.29, 1.82) is 5.26 Å². The van der Waals surface area contributed by atoms with Crippen LogP contribution in [0, 0.1) is 23.0 Å². The van der Waals surface area contributed by atoms with Gasteiger partial charge in [0.25, 0.3) is 5.91 Å². The Labute approximate surface area is 195 Å². The normalized spacial score (nSPS) is 14.9. The summed E-state index contributed by atoms with van der Waals surface area (Å²) in [6, 6.07) is 12.4. The van der Waals surface area contributed by atoms with Gasteiger partial charge in [0.1, 0.15) is 22.9 Å². The van der Waals surface area contributed by atoms with E-state index in [0.29, 0.717) is 43.1 Å². The number of ether oxygens (including phenoxy) is 1. The minimum atomic E-state index is -0.674. The van der Waals surface area contributed by atoms with Crippen molar-refractivity contribution in [1.82, 2.24) is 9.78 Å². The molecule has 1 aliphatic heterocycles. The number of nitrogens with two attached hydrogens (primary N) is 1. The molecule has 34 heavy (non-hydrogen) atoms. The summed E-state index contributed by atoms with van der Waals surface area (Å²) in [6.07, 6.45) is 2.79.